The normalized spacial score (nSPS) is 12.8. The molecule has 2 rings (SSSR count). The number of furan rings is 1. The van der Waals surface area contributed by atoms with Crippen LogP contribution in [-0.2, 0) is 6.42 Å². The molecule has 0 aromatic carbocycles. The highest BCUT2D eigenvalue weighted by Gasteiger charge is 2.16. The van der Waals surface area contributed by atoms with Crippen molar-refractivity contribution < 1.29 is 4.42 Å². The SMILES string of the molecule is Cc1nn(C(C)C)c(NC(C)CCc2ccco2)c1N. The van der Waals surface area contributed by atoms with Crippen molar-refractivity contribution in [1.29, 1.82) is 0 Å². The van der Waals surface area contributed by atoms with E-state index >= 15 is 0 Å². The molecule has 110 valence electrons. The summed E-state index contributed by atoms with van der Waals surface area (Å²) in [5, 5.41) is 7.96. The van der Waals surface area contributed by atoms with E-state index < -0.39 is 0 Å². The number of nitrogens with zero attached hydrogens (tertiary/aromatic N) is 2. The van der Waals surface area contributed by atoms with Crippen molar-refractivity contribution in [2.75, 3.05) is 11.1 Å². The lowest BCUT2D eigenvalue weighted by Crippen LogP contribution is -2.20. The summed E-state index contributed by atoms with van der Waals surface area (Å²) in [5.41, 5.74) is 7.73. The molecule has 0 aliphatic rings. The first kappa shape index (κ1) is 14.5. The molecule has 5 heteroatoms. The fraction of sp³-hybridized carbons (Fsp3) is 0.533. The average molecular weight is 276 g/mol. The zero-order valence-electron chi connectivity index (χ0n) is 12.7. The standard InChI is InChI=1S/C15H24N4O/c1-10(2)19-15(14(16)12(4)18-19)17-11(3)7-8-13-6-5-9-20-13/h5-6,9-11,17H,7-8,16H2,1-4H3. The average Bonchev–Trinajstić information content (AvgIpc) is 3.00. The highest BCUT2D eigenvalue weighted by Crippen LogP contribution is 2.26. The zero-order valence-corrected chi connectivity index (χ0v) is 12.7. The Morgan fingerprint density at radius 1 is 1.40 bits per heavy atom. The minimum Gasteiger partial charge on any atom is -0.469 e. The number of nitrogens with one attached hydrogen (secondary N) is 1. The number of anilines is 2. The second-order valence-electron chi connectivity index (χ2n) is 5.55. The Morgan fingerprint density at radius 2 is 2.15 bits per heavy atom. The van der Waals surface area contributed by atoms with Gasteiger partial charge in [-0.15, -0.1) is 0 Å². The molecule has 0 amide bonds. The van der Waals surface area contributed by atoms with Crippen molar-refractivity contribution >= 4 is 11.5 Å². The predicted octanol–water partition coefficient (Wildman–Crippen LogP) is 3.38. The number of hydrogen-bond acceptors (Lipinski definition) is 4. The van der Waals surface area contributed by atoms with Crippen molar-refractivity contribution in [2.45, 2.75) is 52.6 Å². The Hall–Kier alpha value is -1.91. The van der Waals surface area contributed by atoms with Gasteiger partial charge in [0.25, 0.3) is 0 Å². The number of aromatic nitrogens is 2. The molecule has 2 aromatic heterocycles. The van der Waals surface area contributed by atoms with E-state index in [0.29, 0.717) is 6.04 Å². The molecule has 2 heterocycles. The van der Waals surface area contributed by atoms with E-state index in [4.69, 9.17) is 10.2 Å². The van der Waals surface area contributed by atoms with Gasteiger partial charge >= 0.3 is 0 Å². The third-order valence-corrected chi connectivity index (χ3v) is 3.41. The van der Waals surface area contributed by atoms with Gasteiger partial charge in [-0.1, -0.05) is 0 Å². The highest BCUT2D eigenvalue weighted by atomic mass is 16.3. The molecule has 0 bridgehead atoms. The third kappa shape index (κ3) is 3.15. The maximum atomic E-state index is 6.12. The smallest absolute Gasteiger partial charge is 0.148 e. The van der Waals surface area contributed by atoms with Crippen LogP contribution in [0.15, 0.2) is 22.8 Å². The van der Waals surface area contributed by atoms with E-state index in [1.54, 1.807) is 6.26 Å². The molecule has 20 heavy (non-hydrogen) atoms. The van der Waals surface area contributed by atoms with Crippen LogP contribution in [0.1, 0.15) is 44.7 Å². The molecular weight excluding hydrogens is 252 g/mol. The second-order valence-corrected chi connectivity index (χ2v) is 5.55. The van der Waals surface area contributed by atoms with Gasteiger partial charge in [-0.25, -0.2) is 4.68 Å². The summed E-state index contributed by atoms with van der Waals surface area (Å²) in [6, 6.07) is 4.51. The van der Waals surface area contributed by atoms with Crippen LogP contribution in [0.25, 0.3) is 0 Å². The van der Waals surface area contributed by atoms with Crippen molar-refractivity contribution in [3.63, 3.8) is 0 Å². The van der Waals surface area contributed by atoms with Crippen LogP contribution in [0.2, 0.25) is 0 Å². The Balaban J connectivity index is 2.01. The van der Waals surface area contributed by atoms with E-state index in [2.05, 4.69) is 31.2 Å². The number of aryl methyl sites for hydroxylation is 2. The molecule has 1 unspecified atom stereocenters. The van der Waals surface area contributed by atoms with Gasteiger partial charge in [0, 0.05) is 18.5 Å². The van der Waals surface area contributed by atoms with Crippen LogP contribution in [0.3, 0.4) is 0 Å². The molecule has 0 radical (unpaired) electrons. The van der Waals surface area contributed by atoms with Crippen molar-refractivity contribution in [3.05, 3.63) is 29.9 Å². The van der Waals surface area contributed by atoms with Crippen molar-refractivity contribution in [3.8, 4) is 0 Å². The van der Waals surface area contributed by atoms with Gasteiger partial charge < -0.3 is 15.5 Å². The molecular formula is C15H24N4O. The third-order valence-electron chi connectivity index (χ3n) is 3.41. The maximum Gasteiger partial charge on any atom is 0.148 e. The van der Waals surface area contributed by atoms with E-state index in [0.717, 1.165) is 35.8 Å². The van der Waals surface area contributed by atoms with Crippen molar-refractivity contribution in [2.24, 2.45) is 0 Å². The summed E-state index contributed by atoms with van der Waals surface area (Å²) in [6.07, 6.45) is 3.60. The Labute approximate surface area is 120 Å². The van der Waals surface area contributed by atoms with E-state index in [9.17, 15) is 0 Å². The molecule has 0 fully saturated rings. The largest absolute Gasteiger partial charge is 0.469 e. The second kappa shape index (κ2) is 6.03. The van der Waals surface area contributed by atoms with Crippen LogP contribution < -0.4 is 11.1 Å². The monoisotopic (exact) mass is 276 g/mol. The number of nitrogen functional groups attached to an aromatic ring is 1. The summed E-state index contributed by atoms with van der Waals surface area (Å²) >= 11 is 0. The fourth-order valence-corrected chi connectivity index (χ4v) is 2.20. The summed E-state index contributed by atoms with van der Waals surface area (Å²) in [6.45, 7) is 8.29. The minimum atomic E-state index is 0.283. The molecule has 0 saturated heterocycles. The number of rotatable bonds is 6. The Bertz CT molecular complexity index is 542. The van der Waals surface area contributed by atoms with Gasteiger partial charge in [-0.05, 0) is 46.2 Å². The van der Waals surface area contributed by atoms with Gasteiger partial charge in [0.05, 0.1) is 17.6 Å². The Morgan fingerprint density at radius 3 is 2.75 bits per heavy atom. The van der Waals surface area contributed by atoms with Gasteiger partial charge in [-0.2, -0.15) is 5.10 Å². The van der Waals surface area contributed by atoms with Crippen LogP contribution >= 0.6 is 0 Å². The molecule has 0 spiro atoms. The molecule has 5 nitrogen and oxygen atoms in total. The lowest BCUT2D eigenvalue weighted by Gasteiger charge is -2.18. The fourth-order valence-electron chi connectivity index (χ4n) is 2.20. The van der Waals surface area contributed by atoms with Crippen LogP contribution in [-0.4, -0.2) is 15.8 Å². The molecule has 0 aliphatic carbocycles. The quantitative estimate of drug-likeness (QED) is 0.848. The first-order chi connectivity index (χ1) is 9.49. The topological polar surface area (TPSA) is 69.0 Å². The maximum absolute atomic E-state index is 6.12. The molecule has 1 atom stereocenters. The zero-order chi connectivity index (χ0) is 14.7. The lowest BCUT2D eigenvalue weighted by atomic mass is 10.1. The van der Waals surface area contributed by atoms with Gasteiger partial charge in [0.15, 0.2) is 0 Å². The Kier molecular flexibility index (Phi) is 4.37. The van der Waals surface area contributed by atoms with E-state index in [1.165, 1.54) is 0 Å². The minimum absolute atomic E-state index is 0.283. The molecule has 0 aliphatic heterocycles. The molecule has 3 N–H and O–H groups in total. The number of hydrogen-bond donors (Lipinski definition) is 2. The van der Waals surface area contributed by atoms with Gasteiger partial charge in [0.2, 0.25) is 0 Å². The summed E-state index contributed by atoms with van der Waals surface area (Å²) < 4.78 is 7.31. The number of nitrogens with two attached hydrogens (primary N) is 1. The summed E-state index contributed by atoms with van der Waals surface area (Å²) in [4.78, 5) is 0. The van der Waals surface area contributed by atoms with Crippen LogP contribution in [0, 0.1) is 6.92 Å². The first-order valence-corrected chi connectivity index (χ1v) is 7.12. The van der Waals surface area contributed by atoms with E-state index in [-0.39, 0.29) is 6.04 Å². The summed E-state index contributed by atoms with van der Waals surface area (Å²) in [5.74, 6) is 1.93. The van der Waals surface area contributed by atoms with Crippen LogP contribution in [0.5, 0.6) is 0 Å². The van der Waals surface area contributed by atoms with Gasteiger partial charge in [-0.3, -0.25) is 0 Å². The van der Waals surface area contributed by atoms with Crippen molar-refractivity contribution in [1.82, 2.24) is 9.78 Å². The lowest BCUT2D eigenvalue weighted by molar-refractivity contribution is 0.492. The van der Waals surface area contributed by atoms with Crippen LogP contribution in [0.4, 0.5) is 11.5 Å². The molecule has 2 aromatic rings. The van der Waals surface area contributed by atoms with Gasteiger partial charge in [0.1, 0.15) is 11.6 Å². The summed E-state index contributed by atoms with van der Waals surface area (Å²) in [7, 11) is 0. The highest BCUT2D eigenvalue weighted by molar-refractivity contribution is 5.65. The molecule has 0 saturated carbocycles. The first-order valence-electron chi connectivity index (χ1n) is 7.12. The predicted molar refractivity (Wildman–Crippen MR) is 81.9 cm³/mol. The van der Waals surface area contributed by atoms with E-state index in [1.807, 2.05) is 23.7 Å².